The predicted octanol–water partition coefficient (Wildman–Crippen LogP) is 1.02. The second-order valence-corrected chi connectivity index (χ2v) is 4.51. The summed E-state index contributed by atoms with van der Waals surface area (Å²) in [5.41, 5.74) is 6.47. The third-order valence-electron chi connectivity index (χ3n) is 2.16. The number of aliphatic hydroxyl groups excluding tert-OH is 1. The summed E-state index contributed by atoms with van der Waals surface area (Å²) in [6, 6.07) is 0. The molecule has 0 aromatic carbocycles. The first kappa shape index (κ1) is 12.6. The Hall–Kier alpha value is -0.490. The Labute approximate surface area is 94.1 Å². The van der Waals surface area contributed by atoms with Crippen molar-refractivity contribution in [3.05, 3.63) is 15.6 Å². The van der Waals surface area contributed by atoms with E-state index in [1.165, 1.54) is 4.88 Å². The van der Waals surface area contributed by atoms with E-state index in [1.54, 1.807) is 18.4 Å². The molecule has 0 saturated carbocycles. The van der Waals surface area contributed by atoms with E-state index >= 15 is 0 Å². The van der Waals surface area contributed by atoms with Crippen molar-refractivity contribution in [3.63, 3.8) is 0 Å². The molecule has 0 aliphatic rings. The van der Waals surface area contributed by atoms with E-state index in [2.05, 4.69) is 4.98 Å². The number of methoxy groups -OCH3 is 1. The Kier molecular flexibility index (Phi) is 5.17. The molecular weight excluding hydrogens is 212 g/mol. The highest BCUT2D eigenvalue weighted by molar-refractivity contribution is 7.11. The standard InChI is InChI=1S/C10H18N2O2S/c1-7-9(3-5-11)15-10(12-7)8(13)4-6-14-2/h8,13H,3-6,11H2,1-2H3. The van der Waals surface area contributed by atoms with Crippen LogP contribution < -0.4 is 5.73 Å². The Morgan fingerprint density at radius 3 is 2.93 bits per heavy atom. The molecule has 1 heterocycles. The van der Waals surface area contributed by atoms with Gasteiger partial charge in [0.1, 0.15) is 11.1 Å². The van der Waals surface area contributed by atoms with Crippen LogP contribution >= 0.6 is 11.3 Å². The van der Waals surface area contributed by atoms with Crippen molar-refractivity contribution in [2.75, 3.05) is 20.3 Å². The number of thiazole rings is 1. The number of nitrogens with two attached hydrogens (primary N) is 1. The summed E-state index contributed by atoms with van der Waals surface area (Å²) in [4.78, 5) is 5.51. The van der Waals surface area contributed by atoms with E-state index in [4.69, 9.17) is 10.5 Å². The fourth-order valence-electron chi connectivity index (χ4n) is 1.31. The molecule has 0 aliphatic carbocycles. The molecule has 0 radical (unpaired) electrons. The zero-order valence-electron chi connectivity index (χ0n) is 9.19. The third kappa shape index (κ3) is 3.53. The number of hydrogen-bond acceptors (Lipinski definition) is 5. The Morgan fingerprint density at radius 1 is 1.60 bits per heavy atom. The second-order valence-electron chi connectivity index (χ2n) is 3.40. The minimum atomic E-state index is -0.514. The Morgan fingerprint density at radius 2 is 2.33 bits per heavy atom. The van der Waals surface area contributed by atoms with Crippen LogP contribution in [-0.2, 0) is 11.2 Å². The Balaban J connectivity index is 2.64. The molecule has 0 bridgehead atoms. The maximum Gasteiger partial charge on any atom is 0.122 e. The van der Waals surface area contributed by atoms with Gasteiger partial charge in [0.15, 0.2) is 0 Å². The molecule has 4 nitrogen and oxygen atoms in total. The SMILES string of the molecule is COCCC(O)c1nc(C)c(CCN)s1. The maximum atomic E-state index is 9.79. The quantitative estimate of drug-likeness (QED) is 0.765. The van der Waals surface area contributed by atoms with Gasteiger partial charge in [-0.25, -0.2) is 4.98 Å². The summed E-state index contributed by atoms with van der Waals surface area (Å²) in [6.45, 7) is 3.12. The van der Waals surface area contributed by atoms with Crippen molar-refractivity contribution in [2.24, 2.45) is 5.73 Å². The number of rotatable bonds is 6. The molecule has 0 amide bonds. The molecule has 1 atom stereocenters. The maximum absolute atomic E-state index is 9.79. The third-order valence-corrected chi connectivity index (χ3v) is 3.48. The molecule has 15 heavy (non-hydrogen) atoms. The van der Waals surface area contributed by atoms with Gasteiger partial charge in [0.25, 0.3) is 0 Å². The van der Waals surface area contributed by atoms with Crippen LogP contribution in [0.25, 0.3) is 0 Å². The lowest BCUT2D eigenvalue weighted by molar-refractivity contribution is 0.110. The number of aromatic nitrogens is 1. The fourth-order valence-corrected chi connectivity index (χ4v) is 2.41. The first-order valence-electron chi connectivity index (χ1n) is 5.02. The van der Waals surface area contributed by atoms with Gasteiger partial charge in [0.05, 0.1) is 5.69 Å². The van der Waals surface area contributed by atoms with Gasteiger partial charge in [-0.15, -0.1) is 11.3 Å². The fraction of sp³-hybridized carbons (Fsp3) is 0.700. The van der Waals surface area contributed by atoms with Gasteiger partial charge in [-0.3, -0.25) is 0 Å². The normalized spacial score (nSPS) is 13.1. The first-order chi connectivity index (χ1) is 7.19. The smallest absolute Gasteiger partial charge is 0.122 e. The van der Waals surface area contributed by atoms with E-state index in [9.17, 15) is 5.11 Å². The van der Waals surface area contributed by atoms with Crippen molar-refractivity contribution < 1.29 is 9.84 Å². The van der Waals surface area contributed by atoms with Crippen molar-refractivity contribution in [1.29, 1.82) is 0 Å². The largest absolute Gasteiger partial charge is 0.386 e. The monoisotopic (exact) mass is 230 g/mol. The molecule has 1 aromatic rings. The minimum Gasteiger partial charge on any atom is -0.386 e. The topological polar surface area (TPSA) is 68.4 Å². The lowest BCUT2D eigenvalue weighted by Gasteiger charge is -2.05. The number of nitrogens with zero attached hydrogens (tertiary/aromatic N) is 1. The molecule has 1 rings (SSSR count). The van der Waals surface area contributed by atoms with Crippen molar-refractivity contribution in [2.45, 2.75) is 25.9 Å². The second kappa shape index (κ2) is 6.17. The zero-order chi connectivity index (χ0) is 11.3. The van der Waals surface area contributed by atoms with E-state index in [0.717, 1.165) is 17.1 Å². The van der Waals surface area contributed by atoms with Crippen LogP contribution in [-0.4, -0.2) is 30.4 Å². The van der Waals surface area contributed by atoms with Crippen molar-refractivity contribution in [3.8, 4) is 0 Å². The van der Waals surface area contributed by atoms with Gasteiger partial charge in [-0.2, -0.15) is 0 Å². The van der Waals surface area contributed by atoms with Crippen LogP contribution in [0, 0.1) is 6.92 Å². The van der Waals surface area contributed by atoms with Crippen LogP contribution in [0.1, 0.15) is 28.1 Å². The number of aryl methyl sites for hydroxylation is 1. The lowest BCUT2D eigenvalue weighted by atomic mass is 10.3. The molecule has 0 saturated heterocycles. The van der Waals surface area contributed by atoms with E-state index in [1.807, 2.05) is 6.92 Å². The summed E-state index contributed by atoms with van der Waals surface area (Å²) < 4.78 is 4.92. The van der Waals surface area contributed by atoms with Crippen molar-refractivity contribution in [1.82, 2.24) is 4.98 Å². The highest BCUT2D eigenvalue weighted by atomic mass is 32.1. The molecule has 5 heteroatoms. The number of hydrogen-bond donors (Lipinski definition) is 2. The van der Waals surface area contributed by atoms with Crippen LogP contribution in [0.3, 0.4) is 0 Å². The van der Waals surface area contributed by atoms with Gasteiger partial charge in [0.2, 0.25) is 0 Å². The summed E-state index contributed by atoms with van der Waals surface area (Å²) >= 11 is 1.55. The molecule has 1 unspecified atom stereocenters. The molecule has 1 aromatic heterocycles. The van der Waals surface area contributed by atoms with Gasteiger partial charge in [0, 0.05) is 25.0 Å². The highest BCUT2D eigenvalue weighted by Gasteiger charge is 2.14. The predicted molar refractivity (Wildman–Crippen MR) is 61.1 cm³/mol. The summed E-state index contributed by atoms with van der Waals surface area (Å²) in [6.07, 6.45) is 0.909. The first-order valence-corrected chi connectivity index (χ1v) is 5.84. The summed E-state index contributed by atoms with van der Waals surface area (Å²) in [5, 5.41) is 10.6. The highest BCUT2D eigenvalue weighted by Crippen LogP contribution is 2.25. The Bertz CT molecular complexity index is 302. The van der Waals surface area contributed by atoms with E-state index in [-0.39, 0.29) is 0 Å². The number of ether oxygens (including phenoxy) is 1. The van der Waals surface area contributed by atoms with Crippen LogP contribution in [0.5, 0.6) is 0 Å². The number of aliphatic hydroxyl groups is 1. The molecule has 86 valence electrons. The molecular formula is C10H18N2O2S. The van der Waals surface area contributed by atoms with Gasteiger partial charge >= 0.3 is 0 Å². The van der Waals surface area contributed by atoms with Crippen molar-refractivity contribution >= 4 is 11.3 Å². The summed E-state index contributed by atoms with van der Waals surface area (Å²) in [7, 11) is 1.62. The van der Waals surface area contributed by atoms with Crippen LogP contribution in [0.15, 0.2) is 0 Å². The average Bonchev–Trinajstić information content (AvgIpc) is 2.58. The van der Waals surface area contributed by atoms with E-state index < -0.39 is 6.10 Å². The van der Waals surface area contributed by atoms with Gasteiger partial charge in [-0.05, 0) is 19.9 Å². The van der Waals surface area contributed by atoms with Gasteiger partial charge < -0.3 is 15.6 Å². The zero-order valence-corrected chi connectivity index (χ0v) is 10.0. The molecule has 0 fully saturated rings. The average molecular weight is 230 g/mol. The lowest BCUT2D eigenvalue weighted by Crippen LogP contribution is -2.01. The summed E-state index contributed by atoms with van der Waals surface area (Å²) in [5.74, 6) is 0. The molecule has 3 N–H and O–H groups in total. The van der Waals surface area contributed by atoms with Gasteiger partial charge in [-0.1, -0.05) is 0 Å². The molecule has 0 spiro atoms. The van der Waals surface area contributed by atoms with Crippen LogP contribution in [0.2, 0.25) is 0 Å². The minimum absolute atomic E-state index is 0.514. The van der Waals surface area contributed by atoms with Crippen LogP contribution in [0.4, 0.5) is 0 Å². The van der Waals surface area contributed by atoms with E-state index in [0.29, 0.717) is 19.6 Å². The molecule has 0 aliphatic heterocycles.